The minimum atomic E-state index is -0.382. The van der Waals surface area contributed by atoms with Crippen molar-refractivity contribution in [2.24, 2.45) is 0 Å². The van der Waals surface area contributed by atoms with E-state index in [1.165, 1.54) is 6.20 Å². The van der Waals surface area contributed by atoms with E-state index in [4.69, 9.17) is 11.0 Å². The third kappa shape index (κ3) is 2.15. The van der Waals surface area contributed by atoms with Crippen molar-refractivity contribution < 1.29 is 4.79 Å². The molecule has 0 aliphatic heterocycles. The molecule has 102 valence electrons. The first-order valence-electron chi connectivity index (χ1n) is 6.08. The number of aromatic nitrogens is 4. The second-order valence-corrected chi connectivity index (χ2v) is 4.34. The summed E-state index contributed by atoms with van der Waals surface area (Å²) in [6.45, 7) is 0. The number of nitriles is 1. The van der Waals surface area contributed by atoms with Crippen molar-refractivity contribution in [3.63, 3.8) is 0 Å². The fourth-order valence-electron chi connectivity index (χ4n) is 1.94. The van der Waals surface area contributed by atoms with Gasteiger partial charge in [-0.3, -0.25) is 9.89 Å². The molecule has 2 heterocycles. The maximum Gasteiger partial charge on any atom is 0.280 e. The van der Waals surface area contributed by atoms with Crippen LogP contribution in [0.2, 0.25) is 0 Å². The van der Waals surface area contributed by atoms with E-state index in [1.54, 1.807) is 24.5 Å². The molecule has 0 aliphatic rings. The number of hydrogen-bond donors (Lipinski definition) is 2. The van der Waals surface area contributed by atoms with Gasteiger partial charge in [0.1, 0.15) is 17.5 Å². The summed E-state index contributed by atoms with van der Waals surface area (Å²) in [5.74, 6) is -0.339. The SMILES string of the molecule is N#Cc1cnn(C(=O)c2ccc(-c3cn[nH]c3)cc2)c1N. The number of rotatable bonds is 2. The summed E-state index contributed by atoms with van der Waals surface area (Å²) in [5, 5.41) is 19.3. The zero-order valence-corrected chi connectivity index (χ0v) is 10.8. The lowest BCUT2D eigenvalue weighted by molar-refractivity contribution is 0.0948. The molecule has 0 radical (unpaired) electrons. The van der Waals surface area contributed by atoms with Crippen LogP contribution in [0.4, 0.5) is 5.82 Å². The van der Waals surface area contributed by atoms with E-state index >= 15 is 0 Å². The lowest BCUT2D eigenvalue weighted by Gasteiger charge is -2.04. The molecule has 7 heteroatoms. The number of hydrogen-bond acceptors (Lipinski definition) is 5. The van der Waals surface area contributed by atoms with Crippen LogP contribution in [0.3, 0.4) is 0 Å². The van der Waals surface area contributed by atoms with Gasteiger partial charge >= 0.3 is 0 Å². The standard InChI is InChI=1S/C14H10N6O/c15-5-11-8-19-20(13(11)16)14(21)10-3-1-9(2-4-10)12-6-17-18-7-12/h1-4,6-8H,16H2,(H,17,18). The molecule has 0 spiro atoms. The number of nitrogen functional groups attached to an aromatic ring is 1. The number of benzene rings is 1. The van der Waals surface area contributed by atoms with Crippen LogP contribution >= 0.6 is 0 Å². The Morgan fingerprint density at radius 2 is 2.00 bits per heavy atom. The van der Waals surface area contributed by atoms with E-state index in [0.717, 1.165) is 15.8 Å². The van der Waals surface area contributed by atoms with E-state index in [9.17, 15) is 4.79 Å². The topological polar surface area (TPSA) is 113 Å². The molecular weight excluding hydrogens is 268 g/mol. The van der Waals surface area contributed by atoms with Crippen LogP contribution in [-0.4, -0.2) is 25.9 Å². The van der Waals surface area contributed by atoms with Crippen LogP contribution in [0, 0.1) is 11.3 Å². The molecule has 0 fully saturated rings. The van der Waals surface area contributed by atoms with Crippen LogP contribution in [0.15, 0.2) is 42.9 Å². The number of nitrogens with two attached hydrogens (primary N) is 1. The molecule has 0 atom stereocenters. The van der Waals surface area contributed by atoms with E-state index in [0.29, 0.717) is 5.56 Å². The minimum Gasteiger partial charge on any atom is -0.382 e. The van der Waals surface area contributed by atoms with Gasteiger partial charge in [-0.15, -0.1) is 0 Å². The first-order valence-corrected chi connectivity index (χ1v) is 6.08. The first kappa shape index (κ1) is 12.6. The largest absolute Gasteiger partial charge is 0.382 e. The summed E-state index contributed by atoms with van der Waals surface area (Å²) in [4.78, 5) is 12.3. The summed E-state index contributed by atoms with van der Waals surface area (Å²) < 4.78 is 1.02. The van der Waals surface area contributed by atoms with Crippen molar-refractivity contribution >= 4 is 11.7 Å². The van der Waals surface area contributed by atoms with Gasteiger partial charge in [-0.25, -0.2) is 0 Å². The molecule has 2 aromatic heterocycles. The molecule has 3 N–H and O–H groups in total. The highest BCUT2D eigenvalue weighted by Crippen LogP contribution is 2.19. The first-order chi connectivity index (χ1) is 10.2. The monoisotopic (exact) mass is 278 g/mol. The average Bonchev–Trinajstić information content (AvgIpc) is 3.16. The van der Waals surface area contributed by atoms with Crippen LogP contribution in [0.25, 0.3) is 11.1 Å². The number of nitrogens with zero attached hydrogens (tertiary/aromatic N) is 4. The van der Waals surface area contributed by atoms with E-state index in [-0.39, 0.29) is 17.3 Å². The van der Waals surface area contributed by atoms with Gasteiger partial charge in [-0.1, -0.05) is 12.1 Å². The molecule has 3 rings (SSSR count). The van der Waals surface area contributed by atoms with Gasteiger partial charge in [0.15, 0.2) is 0 Å². The van der Waals surface area contributed by atoms with Crippen molar-refractivity contribution in [2.75, 3.05) is 5.73 Å². The van der Waals surface area contributed by atoms with Gasteiger partial charge in [-0.2, -0.15) is 20.1 Å². The fourth-order valence-corrected chi connectivity index (χ4v) is 1.94. The Bertz CT molecular complexity index is 823. The van der Waals surface area contributed by atoms with Gasteiger partial charge in [0.2, 0.25) is 0 Å². The number of carbonyl (C=O) groups is 1. The third-order valence-electron chi connectivity index (χ3n) is 3.08. The van der Waals surface area contributed by atoms with Gasteiger partial charge in [0.05, 0.1) is 12.4 Å². The minimum absolute atomic E-state index is 0.0430. The van der Waals surface area contributed by atoms with Crippen molar-refractivity contribution in [3.05, 3.63) is 54.0 Å². The van der Waals surface area contributed by atoms with Crippen LogP contribution < -0.4 is 5.73 Å². The summed E-state index contributed by atoms with van der Waals surface area (Å²) in [6, 6.07) is 8.85. The van der Waals surface area contributed by atoms with Crippen molar-refractivity contribution in [1.82, 2.24) is 20.0 Å². The molecule has 0 amide bonds. The van der Waals surface area contributed by atoms with Gasteiger partial charge in [0, 0.05) is 17.3 Å². The zero-order valence-electron chi connectivity index (χ0n) is 10.8. The predicted molar refractivity (Wildman–Crippen MR) is 75.1 cm³/mol. The van der Waals surface area contributed by atoms with Crippen molar-refractivity contribution in [3.8, 4) is 17.2 Å². The van der Waals surface area contributed by atoms with E-state index < -0.39 is 0 Å². The highest BCUT2D eigenvalue weighted by molar-refractivity contribution is 5.97. The summed E-state index contributed by atoms with van der Waals surface area (Å²) in [7, 11) is 0. The Morgan fingerprint density at radius 1 is 1.24 bits per heavy atom. The average molecular weight is 278 g/mol. The summed E-state index contributed by atoms with van der Waals surface area (Å²) >= 11 is 0. The fraction of sp³-hybridized carbons (Fsp3) is 0. The Labute approximate surface area is 119 Å². The molecule has 0 unspecified atom stereocenters. The number of H-pyrrole nitrogens is 1. The zero-order chi connectivity index (χ0) is 14.8. The Kier molecular flexibility index (Phi) is 2.97. The molecule has 3 aromatic rings. The molecule has 0 saturated carbocycles. The van der Waals surface area contributed by atoms with Crippen LogP contribution in [-0.2, 0) is 0 Å². The quantitative estimate of drug-likeness (QED) is 0.735. The molecule has 0 aliphatic carbocycles. The predicted octanol–water partition coefficient (Wildman–Crippen LogP) is 1.42. The van der Waals surface area contributed by atoms with Crippen LogP contribution in [0.5, 0.6) is 0 Å². The normalized spacial score (nSPS) is 10.2. The van der Waals surface area contributed by atoms with Gasteiger partial charge in [-0.05, 0) is 17.7 Å². The summed E-state index contributed by atoms with van der Waals surface area (Å²) in [6.07, 6.45) is 4.73. The molecular formula is C14H10N6O. The van der Waals surface area contributed by atoms with E-state index in [2.05, 4.69) is 15.3 Å². The maximum absolute atomic E-state index is 12.3. The summed E-state index contributed by atoms with van der Waals surface area (Å²) in [5.41, 5.74) is 8.18. The molecule has 21 heavy (non-hydrogen) atoms. The number of aromatic amines is 1. The number of carbonyl (C=O) groups excluding carboxylic acids is 1. The lowest BCUT2D eigenvalue weighted by atomic mass is 10.1. The lowest BCUT2D eigenvalue weighted by Crippen LogP contribution is -2.16. The molecule has 7 nitrogen and oxygen atoms in total. The van der Waals surface area contributed by atoms with Gasteiger partial charge < -0.3 is 5.73 Å². The second kappa shape index (κ2) is 4.94. The smallest absolute Gasteiger partial charge is 0.280 e. The Balaban J connectivity index is 1.92. The Morgan fingerprint density at radius 3 is 2.57 bits per heavy atom. The van der Waals surface area contributed by atoms with Gasteiger partial charge in [0.25, 0.3) is 5.91 Å². The Hall–Kier alpha value is -3.40. The van der Waals surface area contributed by atoms with E-state index in [1.807, 2.05) is 18.2 Å². The maximum atomic E-state index is 12.3. The van der Waals surface area contributed by atoms with Crippen LogP contribution in [0.1, 0.15) is 15.9 Å². The highest BCUT2D eigenvalue weighted by atomic mass is 16.2. The molecule has 0 saturated heterocycles. The third-order valence-corrected chi connectivity index (χ3v) is 3.08. The molecule has 1 aromatic carbocycles. The molecule has 0 bridgehead atoms. The number of nitrogens with one attached hydrogen (secondary N) is 1. The van der Waals surface area contributed by atoms with Crippen molar-refractivity contribution in [1.29, 1.82) is 5.26 Å². The second-order valence-electron chi connectivity index (χ2n) is 4.34. The number of anilines is 1. The highest BCUT2D eigenvalue weighted by Gasteiger charge is 2.15. The van der Waals surface area contributed by atoms with Crippen molar-refractivity contribution in [2.45, 2.75) is 0 Å².